The highest BCUT2D eigenvalue weighted by Crippen LogP contribution is 2.27. The monoisotopic (exact) mass is 329 g/mol. The molecule has 0 unspecified atom stereocenters. The minimum absolute atomic E-state index is 0.675. The van der Waals surface area contributed by atoms with Crippen LogP contribution in [-0.4, -0.2) is 0 Å². The SMILES string of the molecule is Brc1cc(CNc2ccccc2)oc1Br. The van der Waals surface area contributed by atoms with Gasteiger partial charge < -0.3 is 9.73 Å². The van der Waals surface area contributed by atoms with E-state index in [9.17, 15) is 0 Å². The normalized spacial score (nSPS) is 10.3. The summed E-state index contributed by atoms with van der Waals surface area (Å²) in [7, 11) is 0. The van der Waals surface area contributed by atoms with Crippen molar-refractivity contribution < 1.29 is 4.42 Å². The Morgan fingerprint density at radius 1 is 1.13 bits per heavy atom. The molecule has 0 saturated heterocycles. The summed E-state index contributed by atoms with van der Waals surface area (Å²) in [6, 6.07) is 12.0. The standard InChI is InChI=1S/C11H9Br2NO/c12-10-6-9(15-11(10)13)7-14-8-4-2-1-3-5-8/h1-6,14H,7H2. The number of halogens is 2. The van der Waals surface area contributed by atoms with Gasteiger partial charge in [0, 0.05) is 5.69 Å². The molecule has 0 radical (unpaired) electrons. The third-order valence-corrected chi connectivity index (χ3v) is 3.65. The summed E-state index contributed by atoms with van der Waals surface area (Å²) in [5, 5.41) is 3.27. The molecule has 0 aliphatic carbocycles. The van der Waals surface area contributed by atoms with Gasteiger partial charge in [-0.15, -0.1) is 0 Å². The molecule has 0 aliphatic heterocycles. The van der Waals surface area contributed by atoms with Crippen molar-refractivity contribution in [2.24, 2.45) is 0 Å². The Bertz CT molecular complexity index is 420. The molecular weight excluding hydrogens is 322 g/mol. The van der Waals surface area contributed by atoms with E-state index in [1.165, 1.54) is 0 Å². The molecule has 1 aromatic carbocycles. The lowest BCUT2D eigenvalue weighted by molar-refractivity contribution is 0.494. The van der Waals surface area contributed by atoms with Crippen LogP contribution >= 0.6 is 31.9 Å². The molecule has 15 heavy (non-hydrogen) atoms. The van der Waals surface area contributed by atoms with Gasteiger partial charge in [0.1, 0.15) is 5.76 Å². The molecule has 0 spiro atoms. The van der Waals surface area contributed by atoms with E-state index in [1.807, 2.05) is 36.4 Å². The van der Waals surface area contributed by atoms with Gasteiger partial charge in [0.15, 0.2) is 4.67 Å². The lowest BCUT2D eigenvalue weighted by Crippen LogP contribution is -1.97. The van der Waals surface area contributed by atoms with E-state index in [0.717, 1.165) is 20.6 Å². The van der Waals surface area contributed by atoms with Gasteiger partial charge in [0.25, 0.3) is 0 Å². The predicted molar refractivity (Wildman–Crippen MR) is 67.9 cm³/mol. The molecule has 1 N–H and O–H groups in total. The van der Waals surface area contributed by atoms with Gasteiger partial charge in [-0.3, -0.25) is 0 Å². The van der Waals surface area contributed by atoms with Crippen LogP contribution in [0.15, 0.2) is 50.0 Å². The van der Waals surface area contributed by atoms with E-state index in [-0.39, 0.29) is 0 Å². The lowest BCUT2D eigenvalue weighted by atomic mass is 10.3. The third-order valence-electron chi connectivity index (χ3n) is 1.94. The zero-order chi connectivity index (χ0) is 10.7. The molecule has 2 rings (SSSR count). The molecule has 78 valence electrons. The van der Waals surface area contributed by atoms with Gasteiger partial charge in [-0.1, -0.05) is 18.2 Å². The minimum Gasteiger partial charge on any atom is -0.451 e. The molecule has 4 heteroatoms. The summed E-state index contributed by atoms with van der Waals surface area (Å²) in [5.74, 6) is 0.887. The van der Waals surface area contributed by atoms with Crippen molar-refractivity contribution in [2.45, 2.75) is 6.54 Å². The van der Waals surface area contributed by atoms with Crippen molar-refractivity contribution in [1.82, 2.24) is 0 Å². The van der Waals surface area contributed by atoms with Crippen LogP contribution < -0.4 is 5.32 Å². The first-order valence-electron chi connectivity index (χ1n) is 4.48. The minimum atomic E-state index is 0.675. The van der Waals surface area contributed by atoms with E-state index >= 15 is 0 Å². The van der Waals surface area contributed by atoms with Crippen LogP contribution in [0, 0.1) is 0 Å². The van der Waals surface area contributed by atoms with Crippen LogP contribution in [0.4, 0.5) is 5.69 Å². The van der Waals surface area contributed by atoms with Crippen molar-refractivity contribution in [3.05, 3.63) is 51.3 Å². The van der Waals surface area contributed by atoms with Crippen molar-refractivity contribution in [1.29, 1.82) is 0 Å². The highest BCUT2D eigenvalue weighted by molar-refractivity contribution is 9.13. The molecule has 0 bridgehead atoms. The maximum atomic E-state index is 5.44. The van der Waals surface area contributed by atoms with Crippen molar-refractivity contribution in [2.75, 3.05) is 5.32 Å². The fourth-order valence-electron chi connectivity index (χ4n) is 1.22. The lowest BCUT2D eigenvalue weighted by Gasteiger charge is -2.02. The fraction of sp³-hybridized carbons (Fsp3) is 0.0909. The van der Waals surface area contributed by atoms with Crippen molar-refractivity contribution >= 4 is 37.5 Å². The second-order valence-electron chi connectivity index (χ2n) is 3.05. The molecule has 0 aliphatic rings. The first-order valence-corrected chi connectivity index (χ1v) is 6.07. The number of nitrogens with one attached hydrogen (secondary N) is 1. The average molecular weight is 331 g/mol. The number of benzene rings is 1. The van der Waals surface area contributed by atoms with Crippen LogP contribution in [0.2, 0.25) is 0 Å². The molecule has 1 aromatic heterocycles. The Hall–Kier alpha value is -0.740. The van der Waals surface area contributed by atoms with E-state index in [2.05, 4.69) is 37.2 Å². The van der Waals surface area contributed by atoms with Gasteiger partial charge in [-0.2, -0.15) is 0 Å². The van der Waals surface area contributed by atoms with Crippen LogP contribution in [-0.2, 0) is 6.54 Å². The van der Waals surface area contributed by atoms with E-state index < -0.39 is 0 Å². The fourth-order valence-corrected chi connectivity index (χ4v) is 1.88. The summed E-state index contributed by atoms with van der Waals surface area (Å²) in [6.07, 6.45) is 0. The van der Waals surface area contributed by atoms with Crippen LogP contribution in [0.25, 0.3) is 0 Å². The van der Waals surface area contributed by atoms with Gasteiger partial charge in [-0.25, -0.2) is 0 Å². The third kappa shape index (κ3) is 2.86. The first-order chi connectivity index (χ1) is 7.25. The number of hydrogen-bond donors (Lipinski definition) is 1. The largest absolute Gasteiger partial charge is 0.451 e. The smallest absolute Gasteiger partial charge is 0.183 e. The second kappa shape index (κ2) is 4.86. The maximum Gasteiger partial charge on any atom is 0.183 e. The Morgan fingerprint density at radius 2 is 1.87 bits per heavy atom. The molecule has 0 fully saturated rings. The van der Waals surface area contributed by atoms with Gasteiger partial charge >= 0.3 is 0 Å². The van der Waals surface area contributed by atoms with E-state index in [1.54, 1.807) is 0 Å². The summed E-state index contributed by atoms with van der Waals surface area (Å²) >= 11 is 6.67. The van der Waals surface area contributed by atoms with E-state index in [0.29, 0.717) is 6.54 Å². The molecule has 0 atom stereocenters. The predicted octanol–water partition coefficient (Wildman–Crippen LogP) is 4.42. The zero-order valence-electron chi connectivity index (χ0n) is 7.84. The Balaban J connectivity index is 1.99. The Morgan fingerprint density at radius 3 is 2.47 bits per heavy atom. The molecule has 2 nitrogen and oxygen atoms in total. The summed E-state index contributed by atoms with van der Waals surface area (Å²) in [6.45, 7) is 0.675. The Kier molecular flexibility index (Phi) is 3.49. The number of rotatable bonds is 3. The average Bonchev–Trinajstić information content (AvgIpc) is 2.57. The number of para-hydroxylation sites is 1. The van der Waals surface area contributed by atoms with Gasteiger partial charge in [0.2, 0.25) is 0 Å². The van der Waals surface area contributed by atoms with Crippen LogP contribution in [0.5, 0.6) is 0 Å². The zero-order valence-corrected chi connectivity index (χ0v) is 11.0. The highest BCUT2D eigenvalue weighted by Gasteiger charge is 2.05. The molecule has 0 amide bonds. The van der Waals surface area contributed by atoms with Gasteiger partial charge in [-0.05, 0) is 50.1 Å². The highest BCUT2D eigenvalue weighted by atomic mass is 79.9. The molecule has 1 heterocycles. The maximum absolute atomic E-state index is 5.44. The second-order valence-corrected chi connectivity index (χ2v) is 4.63. The quantitative estimate of drug-likeness (QED) is 0.901. The van der Waals surface area contributed by atoms with Gasteiger partial charge in [0.05, 0.1) is 11.0 Å². The number of hydrogen-bond acceptors (Lipinski definition) is 2. The van der Waals surface area contributed by atoms with E-state index in [4.69, 9.17) is 4.42 Å². The molecule has 2 aromatic rings. The summed E-state index contributed by atoms with van der Waals surface area (Å²) < 4.78 is 7.11. The summed E-state index contributed by atoms with van der Waals surface area (Å²) in [5.41, 5.74) is 1.08. The first kappa shape index (κ1) is 10.8. The topological polar surface area (TPSA) is 25.2 Å². The Labute approximate surface area is 105 Å². The molecule has 0 saturated carbocycles. The number of anilines is 1. The molecular formula is C11H9Br2NO. The summed E-state index contributed by atoms with van der Waals surface area (Å²) in [4.78, 5) is 0. The van der Waals surface area contributed by atoms with Crippen molar-refractivity contribution in [3.63, 3.8) is 0 Å². The van der Waals surface area contributed by atoms with Crippen LogP contribution in [0.1, 0.15) is 5.76 Å². The number of furan rings is 1. The van der Waals surface area contributed by atoms with Crippen LogP contribution in [0.3, 0.4) is 0 Å². The van der Waals surface area contributed by atoms with Crippen molar-refractivity contribution in [3.8, 4) is 0 Å².